The van der Waals surface area contributed by atoms with Gasteiger partial charge in [0.1, 0.15) is 5.82 Å². The molecule has 0 fully saturated rings. The molecule has 0 aliphatic rings. The van der Waals surface area contributed by atoms with E-state index in [0.29, 0.717) is 11.4 Å². The molecule has 1 aromatic heterocycles. The quantitative estimate of drug-likeness (QED) is 0.478. The van der Waals surface area contributed by atoms with Gasteiger partial charge in [-0.2, -0.15) is 0 Å². The predicted molar refractivity (Wildman–Crippen MR) is 52.3 cm³/mol. The Labute approximate surface area is 82.1 Å². The highest BCUT2D eigenvalue weighted by Gasteiger charge is 1.95. The average molecular weight is 190 g/mol. The molecule has 0 bridgehead atoms. The van der Waals surface area contributed by atoms with Crippen LogP contribution in [0.1, 0.15) is 11.1 Å². The summed E-state index contributed by atoms with van der Waals surface area (Å²) in [4.78, 5) is 14.6. The van der Waals surface area contributed by atoms with E-state index in [4.69, 9.17) is 5.73 Å². The van der Waals surface area contributed by atoms with Crippen molar-refractivity contribution in [2.45, 2.75) is 6.92 Å². The largest absolute Gasteiger partial charge is 0.459 e. The van der Waals surface area contributed by atoms with E-state index in [9.17, 15) is 4.79 Å². The lowest BCUT2D eigenvalue weighted by Gasteiger charge is -1.97. The summed E-state index contributed by atoms with van der Waals surface area (Å²) in [5.41, 5.74) is 7.00. The summed E-state index contributed by atoms with van der Waals surface area (Å²) in [6.45, 7) is 1.83. The SMILES string of the molecule is COC(=O)C#Cc1cnc(N)c(C)c1. The number of nitrogens with zero attached hydrogens (tertiary/aromatic N) is 1. The second-order valence-electron chi connectivity index (χ2n) is 2.67. The molecular weight excluding hydrogens is 180 g/mol. The Kier molecular flexibility index (Phi) is 3.08. The monoisotopic (exact) mass is 190 g/mol. The van der Waals surface area contributed by atoms with E-state index in [1.54, 1.807) is 6.07 Å². The molecule has 0 saturated heterocycles. The van der Waals surface area contributed by atoms with Gasteiger partial charge in [0.05, 0.1) is 7.11 Å². The van der Waals surface area contributed by atoms with Gasteiger partial charge in [-0.1, -0.05) is 5.92 Å². The van der Waals surface area contributed by atoms with Gasteiger partial charge in [-0.25, -0.2) is 9.78 Å². The molecule has 1 heterocycles. The molecule has 0 unspecified atom stereocenters. The summed E-state index contributed by atoms with van der Waals surface area (Å²) in [6.07, 6.45) is 1.51. The highest BCUT2D eigenvalue weighted by molar-refractivity contribution is 5.89. The fourth-order valence-corrected chi connectivity index (χ4v) is 0.828. The van der Waals surface area contributed by atoms with Crippen molar-refractivity contribution in [3.8, 4) is 11.8 Å². The Hall–Kier alpha value is -2.02. The van der Waals surface area contributed by atoms with E-state index in [0.717, 1.165) is 5.56 Å². The Morgan fingerprint density at radius 2 is 2.36 bits per heavy atom. The molecule has 4 heteroatoms. The van der Waals surface area contributed by atoms with Crippen LogP contribution in [0.15, 0.2) is 12.3 Å². The molecule has 14 heavy (non-hydrogen) atoms. The van der Waals surface area contributed by atoms with Crippen LogP contribution in [0.4, 0.5) is 5.82 Å². The number of nitrogens with two attached hydrogens (primary N) is 1. The van der Waals surface area contributed by atoms with Crippen LogP contribution in [0.5, 0.6) is 0 Å². The summed E-state index contributed by atoms with van der Waals surface area (Å²) in [6, 6.07) is 1.76. The molecule has 0 radical (unpaired) electrons. The average Bonchev–Trinajstić information content (AvgIpc) is 2.19. The summed E-state index contributed by atoms with van der Waals surface area (Å²) in [5.74, 6) is 4.82. The number of anilines is 1. The maximum atomic E-state index is 10.7. The first kappa shape index (κ1) is 10.1. The third-order valence-corrected chi connectivity index (χ3v) is 1.61. The van der Waals surface area contributed by atoms with Gasteiger partial charge in [0.15, 0.2) is 0 Å². The zero-order chi connectivity index (χ0) is 10.6. The number of carbonyl (C=O) groups excluding carboxylic acids is 1. The number of nitrogen functional groups attached to an aromatic ring is 1. The van der Waals surface area contributed by atoms with Crippen molar-refractivity contribution >= 4 is 11.8 Å². The van der Waals surface area contributed by atoms with Crippen molar-refractivity contribution in [1.29, 1.82) is 0 Å². The smallest absolute Gasteiger partial charge is 0.384 e. The van der Waals surface area contributed by atoms with E-state index >= 15 is 0 Å². The van der Waals surface area contributed by atoms with Crippen molar-refractivity contribution in [3.05, 3.63) is 23.4 Å². The predicted octanol–water partition coefficient (Wildman–Crippen LogP) is 0.497. The number of methoxy groups -OCH3 is 1. The van der Waals surface area contributed by atoms with Crippen molar-refractivity contribution in [2.75, 3.05) is 12.8 Å². The summed E-state index contributed by atoms with van der Waals surface area (Å²) >= 11 is 0. The van der Waals surface area contributed by atoms with Gasteiger partial charge in [0, 0.05) is 17.7 Å². The zero-order valence-electron chi connectivity index (χ0n) is 8.00. The van der Waals surface area contributed by atoms with Crippen LogP contribution >= 0.6 is 0 Å². The molecule has 2 N–H and O–H groups in total. The van der Waals surface area contributed by atoms with Gasteiger partial charge >= 0.3 is 5.97 Å². The van der Waals surface area contributed by atoms with Crippen LogP contribution in [0.3, 0.4) is 0 Å². The highest BCUT2D eigenvalue weighted by atomic mass is 16.5. The lowest BCUT2D eigenvalue weighted by atomic mass is 10.2. The number of hydrogen-bond donors (Lipinski definition) is 1. The normalized spacial score (nSPS) is 8.71. The first-order chi connectivity index (χ1) is 6.63. The number of carbonyl (C=O) groups is 1. The molecule has 0 amide bonds. The zero-order valence-corrected chi connectivity index (χ0v) is 8.00. The van der Waals surface area contributed by atoms with Crippen molar-refractivity contribution in [2.24, 2.45) is 0 Å². The van der Waals surface area contributed by atoms with Crippen molar-refractivity contribution in [3.63, 3.8) is 0 Å². The molecule has 0 aliphatic heterocycles. The first-order valence-corrected chi connectivity index (χ1v) is 3.95. The van der Waals surface area contributed by atoms with E-state index in [1.165, 1.54) is 13.3 Å². The molecule has 1 aromatic rings. The number of aromatic nitrogens is 1. The molecule has 0 spiro atoms. The minimum atomic E-state index is -0.570. The van der Waals surface area contributed by atoms with Crippen LogP contribution in [0.2, 0.25) is 0 Å². The lowest BCUT2D eigenvalue weighted by molar-refractivity contribution is -0.133. The second-order valence-corrected chi connectivity index (χ2v) is 2.67. The first-order valence-electron chi connectivity index (χ1n) is 3.95. The molecule has 0 aromatic carbocycles. The number of hydrogen-bond acceptors (Lipinski definition) is 4. The second kappa shape index (κ2) is 4.28. The van der Waals surface area contributed by atoms with Gasteiger partial charge in [-0.15, -0.1) is 0 Å². The number of ether oxygens (including phenoxy) is 1. The van der Waals surface area contributed by atoms with E-state index in [-0.39, 0.29) is 0 Å². The minimum Gasteiger partial charge on any atom is -0.459 e. The van der Waals surface area contributed by atoms with Crippen LogP contribution < -0.4 is 5.73 Å². The van der Waals surface area contributed by atoms with Gasteiger partial charge in [0.25, 0.3) is 0 Å². The highest BCUT2D eigenvalue weighted by Crippen LogP contribution is 2.07. The molecular formula is C10H10N2O2. The summed E-state index contributed by atoms with van der Waals surface area (Å²) < 4.78 is 4.37. The fraction of sp³-hybridized carbons (Fsp3) is 0.200. The van der Waals surface area contributed by atoms with E-state index < -0.39 is 5.97 Å². The third kappa shape index (κ3) is 2.49. The maximum Gasteiger partial charge on any atom is 0.384 e. The molecule has 1 rings (SSSR count). The molecule has 4 nitrogen and oxygen atoms in total. The molecule has 0 atom stereocenters. The van der Waals surface area contributed by atoms with Crippen LogP contribution in [-0.4, -0.2) is 18.1 Å². The molecule has 72 valence electrons. The topological polar surface area (TPSA) is 65.2 Å². The Morgan fingerprint density at radius 3 is 2.93 bits per heavy atom. The van der Waals surface area contributed by atoms with Crippen LogP contribution in [0, 0.1) is 18.8 Å². The van der Waals surface area contributed by atoms with E-state index in [2.05, 4.69) is 21.6 Å². The van der Waals surface area contributed by atoms with Gasteiger partial charge in [0.2, 0.25) is 0 Å². The Morgan fingerprint density at radius 1 is 1.64 bits per heavy atom. The van der Waals surface area contributed by atoms with Crippen molar-refractivity contribution < 1.29 is 9.53 Å². The number of aryl methyl sites for hydroxylation is 1. The Balaban J connectivity index is 2.91. The number of pyridine rings is 1. The van der Waals surface area contributed by atoms with Gasteiger partial charge in [-0.3, -0.25) is 0 Å². The molecule has 0 aliphatic carbocycles. The van der Waals surface area contributed by atoms with Crippen LogP contribution in [0.25, 0.3) is 0 Å². The van der Waals surface area contributed by atoms with E-state index in [1.807, 2.05) is 6.92 Å². The van der Waals surface area contributed by atoms with Gasteiger partial charge < -0.3 is 10.5 Å². The van der Waals surface area contributed by atoms with Crippen LogP contribution in [-0.2, 0) is 9.53 Å². The number of rotatable bonds is 0. The van der Waals surface area contributed by atoms with Gasteiger partial charge in [-0.05, 0) is 18.6 Å². The summed E-state index contributed by atoms with van der Waals surface area (Å²) in [7, 11) is 1.28. The third-order valence-electron chi connectivity index (χ3n) is 1.61. The lowest BCUT2D eigenvalue weighted by Crippen LogP contribution is -1.96. The Bertz CT molecular complexity index is 416. The maximum absolute atomic E-state index is 10.7. The molecule has 0 saturated carbocycles. The fourth-order valence-electron chi connectivity index (χ4n) is 0.828. The summed E-state index contributed by atoms with van der Waals surface area (Å²) in [5, 5.41) is 0. The standard InChI is InChI=1S/C10H10N2O2/c1-7-5-8(6-12-10(7)11)3-4-9(13)14-2/h5-6H,1-2H3,(H2,11,12). The minimum absolute atomic E-state index is 0.466. The number of esters is 1. The van der Waals surface area contributed by atoms with Crippen molar-refractivity contribution in [1.82, 2.24) is 4.98 Å².